The zero-order valence-corrected chi connectivity index (χ0v) is 7.91. The molecule has 0 saturated carbocycles. The van der Waals surface area contributed by atoms with Crippen LogP contribution in [-0.2, 0) is 5.75 Å². The summed E-state index contributed by atoms with van der Waals surface area (Å²) in [5, 5.41) is 13.0. The van der Waals surface area contributed by atoms with E-state index in [-0.39, 0.29) is 11.4 Å². The van der Waals surface area contributed by atoms with Crippen LogP contribution in [0.15, 0.2) is 10.9 Å². The molecule has 1 rings (SSSR count). The number of aromatic nitrogens is 2. The van der Waals surface area contributed by atoms with Gasteiger partial charge in [0.2, 0.25) is 6.39 Å². The predicted molar refractivity (Wildman–Crippen MR) is 46.7 cm³/mol. The van der Waals surface area contributed by atoms with Gasteiger partial charge in [-0.3, -0.25) is 0 Å². The maximum Gasteiger partial charge on any atom is 0.213 e. The quantitative estimate of drug-likeness (QED) is 0.766. The Morgan fingerprint density at radius 2 is 2.42 bits per heavy atom. The van der Waals surface area contributed by atoms with E-state index in [1.807, 2.05) is 6.92 Å². The van der Waals surface area contributed by atoms with Crippen LogP contribution < -0.4 is 0 Å². The van der Waals surface area contributed by atoms with Crippen molar-refractivity contribution < 1.29 is 9.63 Å². The molecule has 0 aromatic carbocycles. The lowest BCUT2D eigenvalue weighted by Crippen LogP contribution is -2.15. The lowest BCUT2D eigenvalue weighted by Gasteiger charge is -2.11. The van der Waals surface area contributed by atoms with Crippen LogP contribution in [0.4, 0.5) is 0 Å². The molecule has 0 aliphatic heterocycles. The number of nitrogens with zero attached hydrogens (tertiary/aromatic N) is 2. The highest BCUT2D eigenvalue weighted by Crippen LogP contribution is 2.17. The Labute approximate surface area is 75.4 Å². The zero-order valence-electron chi connectivity index (χ0n) is 7.10. The van der Waals surface area contributed by atoms with Crippen molar-refractivity contribution in [3.8, 4) is 0 Å². The Kier molecular flexibility index (Phi) is 3.55. The molecular weight excluding hydrogens is 176 g/mol. The summed E-state index contributed by atoms with van der Waals surface area (Å²) in [5.41, 5.74) is 0. The standard InChI is InChI=1S/C7H12N2O2S/c1-5(10)6(2)12-3-7-8-4-11-9-7/h4-6,10H,3H2,1-2H3. The van der Waals surface area contributed by atoms with Crippen molar-refractivity contribution in [3.05, 3.63) is 12.2 Å². The van der Waals surface area contributed by atoms with E-state index in [1.54, 1.807) is 18.7 Å². The summed E-state index contributed by atoms with van der Waals surface area (Å²) in [4.78, 5) is 3.87. The zero-order chi connectivity index (χ0) is 8.97. The fourth-order valence-electron chi connectivity index (χ4n) is 0.601. The van der Waals surface area contributed by atoms with Crippen molar-refractivity contribution in [2.45, 2.75) is 31.0 Å². The largest absolute Gasteiger partial charge is 0.392 e. The van der Waals surface area contributed by atoms with E-state index >= 15 is 0 Å². The average molecular weight is 188 g/mol. The molecule has 4 nitrogen and oxygen atoms in total. The number of thioether (sulfide) groups is 1. The Bertz CT molecular complexity index is 213. The molecule has 2 unspecified atom stereocenters. The number of rotatable bonds is 4. The van der Waals surface area contributed by atoms with Crippen LogP contribution >= 0.6 is 11.8 Å². The molecule has 0 aliphatic carbocycles. The third kappa shape index (κ3) is 2.83. The van der Waals surface area contributed by atoms with Crippen molar-refractivity contribution in [2.24, 2.45) is 0 Å². The highest BCUT2D eigenvalue weighted by Gasteiger charge is 2.10. The third-order valence-corrected chi connectivity index (χ3v) is 2.91. The van der Waals surface area contributed by atoms with Gasteiger partial charge >= 0.3 is 0 Å². The number of aliphatic hydroxyl groups is 1. The minimum atomic E-state index is -0.304. The van der Waals surface area contributed by atoms with Gasteiger partial charge in [0.1, 0.15) is 0 Å². The molecule has 1 aromatic heterocycles. The molecule has 0 aliphatic rings. The van der Waals surface area contributed by atoms with Gasteiger partial charge in [0.25, 0.3) is 0 Å². The van der Waals surface area contributed by atoms with Gasteiger partial charge in [0.05, 0.1) is 11.9 Å². The first-order chi connectivity index (χ1) is 5.70. The van der Waals surface area contributed by atoms with Gasteiger partial charge in [-0.15, -0.1) is 11.8 Å². The summed E-state index contributed by atoms with van der Waals surface area (Å²) in [5.74, 6) is 1.36. The fourth-order valence-corrected chi connectivity index (χ4v) is 1.42. The first-order valence-corrected chi connectivity index (χ1v) is 4.80. The van der Waals surface area contributed by atoms with E-state index in [4.69, 9.17) is 5.11 Å². The predicted octanol–water partition coefficient (Wildman–Crippen LogP) is 1.07. The summed E-state index contributed by atoms with van der Waals surface area (Å²) >= 11 is 1.61. The third-order valence-electron chi connectivity index (χ3n) is 1.56. The highest BCUT2D eigenvalue weighted by molar-refractivity contribution is 7.99. The second-order valence-electron chi connectivity index (χ2n) is 2.60. The normalized spacial score (nSPS) is 15.9. The van der Waals surface area contributed by atoms with Gasteiger partial charge in [0, 0.05) is 5.25 Å². The van der Waals surface area contributed by atoms with Crippen LogP contribution in [0, 0.1) is 0 Å². The molecule has 68 valence electrons. The molecule has 12 heavy (non-hydrogen) atoms. The van der Waals surface area contributed by atoms with E-state index in [2.05, 4.69) is 14.7 Å². The van der Waals surface area contributed by atoms with Gasteiger partial charge in [-0.05, 0) is 6.92 Å². The van der Waals surface area contributed by atoms with Crippen molar-refractivity contribution in [1.29, 1.82) is 0 Å². The molecule has 1 N–H and O–H groups in total. The number of hydrogen-bond donors (Lipinski definition) is 1. The van der Waals surface area contributed by atoms with E-state index in [9.17, 15) is 0 Å². The van der Waals surface area contributed by atoms with Crippen LogP contribution in [0.25, 0.3) is 0 Å². The molecule has 0 spiro atoms. The van der Waals surface area contributed by atoms with Crippen LogP contribution in [0.1, 0.15) is 19.7 Å². The smallest absolute Gasteiger partial charge is 0.213 e. The summed E-state index contributed by atoms with van der Waals surface area (Å²) in [7, 11) is 0. The monoisotopic (exact) mass is 188 g/mol. The van der Waals surface area contributed by atoms with Crippen LogP contribution in [0.2, 0.25) is 0 Å². The van der Waals surface area contributed by atoms with Gasteiger partial charge in [-0.25, -0.2) is 0 Å². The van der Waals surface area contributed by atoms with Crippen LogP contribution in [0.5, 0.6) is 0 Å². The van der Waals surface area contributed by atoms with E-state index in [1.165, 1.54) is 6.39 Å². The molecule has 0 radical (unpaired) electrons. The van der Waals surface area contributed by atoms with Crippen LogP contribution in [0.3, 0.4) is 0 Å². The minimum absolute atomic E-state index is 0.198. The maximum atomic E-state index is 9.16. The molecule has 5 heteroatoms. The molecule has 0 fully saturated rings. The summed E-state index contributed by atoms with van der Waals surface area (Å²) in [6.07, 6.45) is 1.00. The second kappa shape index (κ2) is 4.47. The first-order valence-electron chi connectivity index (χ1n) is 3.75. The molecule has 1 aromatic rings. The van der Waals surface area contributed by atoms with E-state index in [0.717, 1.165) is 0 Å². The topological polar surface area (TPSA) is 59.2 Å². The lowest BCUT2D eigenvalue weighted by atomic mass is 10.3. The van der Waals surface area contributed by atoms with E-state index < -0.39 is 0 Å². The molecular formula is C7H12N2O2S. The van der Waals surface area contributed by atoms with Crippen molar-refractivity contribution >= 4 is 11.8 Å². The molecule has 1 heterocycles. The molecule has 0 bridgehead atoms. The summed E-state index contributed by atoms with van der Waals surface area (Å²) in [6, 6.07) is 0. The fraction of sp³-hybridized carbons (Fsp3) is 0.714. The highest BCUT2D eigenvalue weighted by atomic mass is 32.2. The van der Waals surface area contributed by atoms with Crippen molar-refractivity contribution in [1.82, 2.24) is 10.1 Å². The molecule has 2 atom stereocenters. The summed E-state index contributed by atoms with van der Waals surface area (Å²) < 4.78 is 4.57. The van der Waals surface area contributed by atoms with Crippen molar-refractivity contribution in [2.75, 3.05) is 0 Å². The Balaban J connectivity index is 2.27. The Morgan fingerprint density at radius 1 is 1.67 bits per heavy atom. The molecule has 0 amide bonds. The lowest BCUT2D eigenvalue weighted by molar-refractivity contribution is 0.196. The first kappa shape index (κ1) is 9.54. The van der Waals surface area contributed by atoms with E-state index in [0.29, 0.717) is 11.6 Å². The van der Waals surface area contributed by atoms with Crippen molar-refractivity contribution in [3.63, 3.8) is 0 Å². The van der Waals surface area contributed by atoms with Gasteiger partial charge < -0.3 is 9.63 Å². The Morgan fingerprint density at radius 3 is 2.92 bits per heavy atom. The Hall–Kier alpha value is -0.550. The van der Waals surface area contributed by atoms with Gasteiger partial charge in [0.15, 0.2) is 5.82 Å². The summed E-state index contributed by atoms with van der Waals surface area (Å²) in [6.45, 7) is 3.74. The van der Waals surface area contributed by atoms with Gasteiger partial charge in [-0.2, -0.15) is 4.98 Å². The van der Waals surface area contributed by atoms with Crippen LogP contribution in [-0.4, -0.2) is 26.6 Å². The average Bonchev–Trinajstić information content (AvgIpc) is 2.51. The number of hydrogen-bond acceptors (Lipinski definition) is 5. The van der Waals surface area contributed by atoms with Gasteiger partial charge in [-0.1, -0.05) is 12.1 Å². The minimum Gasteiger partial charge on any atom is -0.392 e. The SMILES string of the molecule is CC(O)C(C)SCc1ncon1. The number of aliphatic hydroxyl groups excluding tert-OH is 1. The maximum absolute atomic E-state index is 9.16. The second-order valence-corrected chi connectivity index (χ2v) is 3.97. The molecule has 0 saturated heterocycles.